The van der Waals surface area contributed by atoms with Crippen LogP contribution in [0.15, 0.2) is 46.9 Å². The van der Waals surface area contributed by atoms with Crippen LogP contribution in [-0.4, -0.2) is 11.0 Å². The smallest absolute Gasteiger partial charge is 0.255 e. The number of hydrogen-bond donors (Lipinski definition) is 2. The van der Waals surface area contributed by atoms with Gasteiger partial charge in [0.15, 0.2) is 0 Å². The maximum Gasteiger partial charge on any atom is 0.255 e. The molecule has 3 nitrogen and oxygen atoms in total. The molecule has 0 saturated heterocycles. The Kier molecular flexibility index (Phi) is 4.58. The van der Waals surface area contributed by atoms with E-state index in [0.717, 1.165) is 4.47 Å². The summed E-state index contributed by atoms with van der Waals surface area (Å²) in [6, 6.07) is 12.1. The van der Waals surface area contributed by atoms with E-state index in [0.29, 0.717) is 21.8 Å². The van der Waals surface area contributed by atoms with Gasteiger partial charge in [-0.05, 0) is 24.3 Å². The van der Waals surface area contributed by atoms with Gasteiger partial charge in [0.05, 0.1) is 6.61 Å². The molecule has 0 spiro atoms. The molecule has 0 atom stereocenters. The third kappa shape index (κ3) is 3.56. The molecule has 98 valence electrons. The average Bonchev–Trinajstić information content (AvgIpc) is 2.38. The van der Waals surface area contributed by atoms with Crippen LogP contribution in [0, 0.1) is 0 Å². The highest BCUT2D eigenvalue weighted by molar-refractivity contribution is 9.10. The Labute approximate surface area is 124 Å². The van der Waals surface area contributed by atoms with Crippen molar-refractivity contribution < 1.29 is 9.90 Å². The molecule has 0 bridgehead atoms. The van der Waals surface area contributed by atoms with Gasteiger partial charge in [-0.25, -0.2) is 0 Å². The van der Waals surface area contributed by atoms with Crippen LogP contribution in [0.4, 0.5) is 5.69 Å². The number of carbonyl (C=O) groups is 1. The van der Waals surface area contributed by atoms with Gasteiger partial charge in [0.25, 0.3) is 5.91 Å². The molecular formula is C14H11BrClNO2. The molecule has 1 amide bonds. The van der Waals surface area contributed by atoms with Crippen molar-refractivity contribution in [1.29, 1.82) is 0 Å². The molecule has 5 heteroatoms. The van der Waals surface area contributed by atoms with E-state index in [4.69, 9.17) is 11.6 Å². The molecule has 0 fully saturated rings. The van der Waals surface area contributed by atoms with E-state index in [1.807, 2.05) is 0 Å². The molecule has 0 unspecified atom stereocenters. The van der Waals surface area contributed by atoms with Gasteiger partial charge < -0.3 is 10.4 Å². The Balaban J connectivity index is 2.25. The number of hydrogen-bond acceptors (Lipinski definition) is 2. The molecule has 0 saturated carbocycles. The highest BCUT2D eigenvalue weighted by Crippen LogP contribution is 2.21. The lowest BCUT2D eigenvalue weighted by molar-refractivity contribution is 0.102. The minimum Gasteiger partial charge on any atom is -0.392 e. The first-order valence-corrected chi connectivity index (χ1v) is 6.73. The van der Waals surface area contributed by atoms with Gasteiger partial charge in [-0.1, -0.05) is 45.7 Å². The van der Waals surface area contributed by atoms with E-state index < -0.39 is 0 Å². The fourth-order valence-electron chi connectivity index (χ4n) is 1.66. The van der Waals surface area contributed by atoms with Crippen LogP contribution in [0.5, 0.6) is 0 Å². The molecule has 0 aliphatic heterocycles. The van der Waals surface area contributed by atoms with Gasteiger partial charge in [0.1, 0.15) is 0 Å². The number of nitrogens with one attached hydrogen (secondary N) is 1. The van der Waals surface area contributed by atoms with Crippen LogP contribution in [0.2, 0.25) is 5.02 Å². The lowest BCUT2D eigenvalue weighted by atomic mass is 10.1. The van der Waals surface area contributed by atoms with Crippen molar-refractivity contribution in [3.8, 4) is 0 Å². The normalized spacial score (nSPS) is 10.3. The van der Waals surface area contributed by atoms with E-state index in [2.05, 4.69) is 21.2 Å². The zero-order valence-electron chi connectivity index (χ0n) is 9.86. The lowest BCUT2D eigenvalue weighted by Gasteiger charge is -2.09. The van der Waals surface area contributed by atoms with Crippen molar-refractivity contribution in [3.05, 3.63) is 63.1 Å². The van der Waals surface area contributed by atoms with E-state index >= 15 is 0 Å². The molecule has 2 aromatic carbocycles. The largest absolute Gasteiger partial charge is 0.392 e. The number of aliphatic hydroxyl groups is 1. The van der Waals surface area contributed by atoms with Crippen LogP contribution in [0.25, 0.3) is 0 Å². The number of aliphatic hydroxyl groups excluding tert-OH is 1. The Morgan fingerprint density at radius 2 is 2.00 bits per heavy atom. The second-order valence-corrected chi connectivity index (χ2v) is 5.28. The fourth-order valence-corrected chi connectivity index (χ4v) is 2.52. The fraction of sp³-hybridized carbons (Fsp3) is 0.0714. The second kappa shape index (κ2) is 6.19. The highest BCUT2D eigenvalue weighted by Gasteiger charge is 2.10. The summed E-state index contributed by atoms with van der Waals surface area (Å²) in [7, 11) is 0. The van der Waals surface area contributed by atoms with Crippen LogP contribution in [0.3, 0.4) is 0 Å². The lowest BCUT2D eigenvalue weighted by Crippen LogP contribution is -2.13. The molecule has 2 rings (SSSR count). The van der Waals surface area contributed by atoms with E-state index in [1.54, 1.807) is 42.5 Å². The summed E-state index contributed by atoms with van der Waals surface area (Å²) >= 11 is 9.20. The van der Waals surface area contributed by atoms with Crippen LogP contribution in [-0.2, 0) is 6.61 Å². The van der Waals surface area contributed by atoms with Gasteiger partial charge in [0.2, 0.25) is 0 Å². The van der Waals surface area contributed by atoms with Gasteiger partial charge in [-0.3, -0.25) is 4.79 Å². The summed E-state index contributed by atoms with van der Waals surface area (Å²) in [6.45, 7) is -0.129. The number of rotatable bonds is 3. The molecule has 19 heavy (non-hydrogen) atoms. The monoisotopic (exact) mass is 339 g/mol. The Morgan fingerprint density at radius 1 is 1.26 bits per heavy atom. The first kappa shape index (κ1) is 14.1. The zero-order chi connectivity index (χ0) is 13.8. The highest BCUT2D eigenvalue weighted by atomic mass is 79.9. The number of halogens is 2. The molecule has 0 radical (unpaired) electrons. The number of amides is 1. The van der Waals surface area contributed by atoms with Crippen molar-refractivity contribution in [1.82, 2.24) is 0 Å². The predicted octanol–water partition coefficient (Wildman–Crippen LogP) is 3.85. The van der Waals surface area contributed by atoms with Crippen molar-refractivity contribution in [2.45, 2.75) is 6.61 Å². The number of para-hydroxylation sites is 1. The third-order valence-electron chi connectivity index (χ3n) is 2.56. The Bertz CT molecular complexity index is 596. The molecule has 2 N–H and O–H groups in total. The molecular weight excluding hydrogens is 330 g/mol. The summed E-state index contributed by atoms with van der Waals surface area (Å²) in [6.07, 6.45) is 0. The molecule has 0 heterocycles. The van der Waals surface area contributed by atoms with Gasteiger partial charge in [-0.2, -0.15) is 0 Å². The summed E-state index contributed by atoms with van der Waals surface area (Å²) in [5.74, 6) is -0.274. The zero-order valence-corrected chi connectivity index (χ0v) is 12.2. The predicted molar refractivity (Wildman–Crippen MR) is 79.5 cm³/mol. The topological polar surface area (TPSA) is 49.3 Å². The van der Waals surface area contributed by atoms with Gasteiger partial charge in [-0.15, -0.1) is 0 Å². The molecule has 2 aromatic rings. The summed E-state index contributed by atoms with van der Waals surface area (Å²) in [4.78, 5) is 12.1. The van der Waals surface area contributed by atoms with E-state index in [-0.39, 0.29) is 12.5 Å². The van der Waals surface area contributed by atoms with Crippen LogP contribution >= 0.6 is 27.5 Å². The minimum atomic E-state index is -0.274. The van der Waals surface area contributed by atoms with Crippen molar-refractivity contribution in [2.75, 3.05) is 5.32 Å². The molecule has 0 aliphatic carbocycles. The van der Waals surface area contributed by atoms with E-state index in [9.17, 15) is 9.90 Å². The number of carbonyl (C=O) groups excluding carboxylic acids is 1. The summed E-state index contributed by atoms with van der Waals surface area (Å²) in [5.41, 5.74) is 1.70. The van der Waals surface area contributed by atoms with Crippen LogP contribution in [0.1, 0.15) is 15.9 Å². The standard InChI is InChI=1S/C14H11BrClNO2/c15-11-5-10(6-12(16)7-11)14(19)17-13-4-2-1-3-9(13)8-18/h1-7,18H,8H2,(H,17,19). The van der Waals surface area contributed by atoms with Crippen molar-refractivity contribution >= 4 is 39.1 Å². The number of benzene rings is 2. The third-order valence-corrected chi connectivity index (χ3v) is 3.24. The Morgan fingerprint density at radius 3 is 2.68 bits per heavy atom. The van der Waals surface area contributed by atoms with Gasteiger partial charge >= 0.3 is 0 Å². The Hall–Kier alpha value is -1.36. The summed E-state index contributed by atoms with van der Waals surface area (Å²) in [5, 5.41) is 12.4. The number of anilines is 1. The van der Waals surface area contributed by atoms with Crippen LogP contribution < -0.4 is 5.32 Å². The maximum absolute atomic E-state index is 12.1. The first-order chi connectivity index (χ1) is 9.10. The van der Waals surface area contributed by atoms with Crippen molar-refractivity contribution in [2.24, 2.45) is 0 Å². The van der Waals surface area contributed by atoms with E-state index in [1.165, 1.54) is 0 Å². The maximum atomic E-state index is 12.1. The molecule has 0 aliphatic rings. The SMILES string of the molecule is O=C(Nc1ccccc1CO)c1cc(Cl)cc(Br)c1. The van der Waals surface area contributed by atoms with Crippen molar-refractivity contribution in [3.63, 3.8) is 0 Å². The minimum absolute atomic E-state index is 0.129. The van der Waals surface area contributed by atoms with Gasteiger partial charge in [0, 0.05) is 26.3 Å². The molecule has 0 aromatic heterocycles. The average molecular weight is 341 g/mol. The summed E-state index contributed by atoms with van der Waals surface area (Å²) < 4.78 is 0.737. The second-order valence-electron chi connectivity index (χ2n) is 3.93. The quantitative estimate of drug-likeness (QED) is 0.891. The first-order valence-electron chi connectivity index (χ1n) is 5.56.